The number of nitrogens with zero attached hydrogens (tertiary/aromatic N) is 5. The number of para-hydroxylation sites is 1. The molecule has 0 spiro atoms. The minimum absolute atomic E-state index is 0.0588. The molecule has 2 amide bonds. The van der Waals surface area contributed by atoms with Gasteiger partial charge in [0.1, 0.15) is 17.0 Å². The Morgan fingerprint density at radius 1 is 1.08 bits per heavy atom. The number of nitrogens with one attached hydrogen (secondary N) is 3. The molecule has 5 heterocycles. The number of hydrogen-bond donors (Lipinski definition) is 3. The number of aromatic nitrogens is 6. The van der Waals surface area contributed by atoms with Crippen LogP contribution in [-0.4, -0.2) is 73.2 Å². The number of pyridine rings is 2. The molecule has 0 bridgehead atoms. The topological polar surface area (TPSA) is 142 Å². The second-order valence-corrected chi connectivity index (χ2v) is 8.72. The molecule has 11 heteroatoms. The highest BCUT2D eigenvalue weighted by Crippen LogP contribution is 2.30. The van der Waals surface area contributed by atoms with Gasteiger partial charge in [-0.2, -0.15) is 5.10 Å². The fraction of sp³-hybridized carbons (Fsp3) is 0.231. The van der Waals surface area contributed by atoms with Gasteiger partial charge in [0.25, 0.3) is 5.91 Å². The predicted octanol–water partition coefficient (Wildman–Crippen LogP) is 3.38. The van der Waals surface area contributed by atoms with Gasteiger partial charge in [0.05, 0.1) is 29.7 Å². The number of carbonyl (C=O) groups is 2. The van der Waals surface area contributed by atoms with Gasteiger partial charge in [0, 0.05) is 43.0 Å². The average Bonchev–Trinajstić information content (AvgIpc) is 3.57. The number of anilines is 1. The third-order valence-electron chi connectivity index (χ3n) is 6.37. The largest absolute Gasteiger partial charge is 0.378 e. The van der Waals surface area contributed by atoms with E-state index in [2.05, 4.69) is 30.5 Å². The monoisotopic (exact) mass is 496 g/mol. The molecule has 0 unspecified atom stereocenters. The van der Waals surface area contributed by atoms with Gasteiger partial charge in [-0.25, -0.2) is 15.0 Å². The van der Waals surface area contributed by atoms with Crippen LogP contribution in [0.2, 0.25) is 0 Å². The summed E-state index contributed by atoms with van der Waals surface area (Å²) in [6, 6.07) is 11.2. The number of benzene rings is 1. The number of amides is 2. The molecule has 11 nitrogen and oxygen atoms in total. The van der Waals surface area contributed by atoms with Crippen LogP contribution in [0.15, 0.2) is 48.8 Å². The molecule has 3 N–H and O–H groups in total. The maximum atomic E-state index is 13.2. The van der Waals surface area contributed by atoms with Crippen LogP contribution in [0.1, 0.15) is 23.7 Å². The van der Waals surface area contributed by atoms with E-state index in [4.69, 9.17) is 9.72 Å². The van der Waals surface area contributed by atoms with Gasteiger partial charge in [0.15, 0.2) is 11.5 Å². The summed E-state index contributed by atoms with van der Waals surface area (Å²) >= 11 is 0. The first-order valence-corrected chi connectivity index (χ1v) is 12.1. The van der Waals surface area contributed by atoms with E-state index in [1.807, 2.05) is 24.3 Å². The van der Waals surface area contributed by atoms with E-state index in [-0.39, 0.29) is 11.8 Å². The molecule has 4 aromatic heterocycles. The molecule has 1 aromatic carbocycles. The van der Waals surface area contributed by atoms with Crippen LogP contribution in [0.4, 0.5) is 5.82 Å². The van der Waals surface area contributed by atoms with E-state index in [0.717, 1.165) is 22.0 Å². The van der Waals surface area contributed by atoms with Crippen molar-refractivity contribution in [3.63, 3.8) is 0 Å². The highest BCUT2D eigenvalue weighted by Gasteiger charge is 2.23. The molecule has 0 radical (unpaired) electrons. The third-order valence-corrected chi connectivity index (χ3v) is 6.37. The smallest absolute Gasteiger partial charge is 0.256 e. The number of hydrogen-bond acceptors (Lipinski definition) is 7. The van der Waals surface area contributed by atoms with Crippen LogP contribution >= 0.6 is 0 Å². The first kappa shape index (κ1) is 22.8. The van der Waals surface area contributed by atoms with Crippen molar-refractivity contribution in [1.82, 2.24) is 35.0 Å². The Morgan fingerprint density at radius 2 is 1.92 bits per heavy atom. The van der Waals surface area contributed by atoms with Crippen molar-refractivity contribution in [2.45, 2.75) is 13.3 Å². The van der Waals surface area contributed by atoms with Gasteiger partial charge in [-0.3, -0.25) is 14.7 Å². The van der Waals surface area contributed by atoms with E-state index in [0.29, 0.717) is 66.8 Å². The Hall–Kier alpha value is -4.64. The van der Waals surface area contributed by atoms with Crippen LogP contribution in [0.3, 0.4) is 0 Å². The molecule has 6 rings (SSSR count). The molecular formula is C26H24N8O3. The number of ether oxygens (including phenoxy) is 1. The van der Waals surface area contributed by atoms with Gasteiger partial charge in [0.2, 0.25) is 5.91 Å². The molecule has 1 aliphatic rings. The summed E-state index contributed by atoms with van der Waals surface area (Å²) in [6.07, 6.45) is 3.81. The minimum atomic E-state index is -0.0907. The molecule has 0 saturated carbocycles. The van der Waals surface area contributed by atoms with Crippen LogP contribution in [0, 0.1) is 0 Å². The summed E-state index contributed by atoms with van der Waals surface area (Å²) in [5.41, 5.74) is 4.82. The number of fused-ring (bicyclic) bond motifs is 2. The van der Waals surface area contributed by atoms with Crippen LogP contribution in [-0.2, 0) is 9.53 Å². The summed E-state index contributed by atoms with van der Waals surface area (Å²) in [7, 11) is 0. The fourth-order valence-electron chi connectivity index (χ4n) is 4.37. The summed E-state index contributed by atoms with van der Waals surface area (Å²) in [6.45, 7) is 3.99. The van der Waals surface area contributed by atoms with Gasteiger partial charge < -0.3 is 19.9 Å². The van der Waals surface area contributed by atoms with Crippen molar-refractivity contribution >= 4 is 39.7 Å². The van der Waals surface area contributed by atoms with Crippen molar-refractivity contribution < 1.29 is 14.3 Å². The molecule has 1 saturated heterocycles. The lowest BCUT2D eigenvalue weighted by molar-refractivity contribution is -0.115. The Labute approximate surface area is 211 Å². The zero-order chi connectivity index (χ0) is 25.4. The summed E-state index contributed by atoms with van der Waals surface area (Å²) in [5, 5.41) is 10.9. The predicted molar refractivity (Wildman–Crippen MR) is 138 cm³/mol. The van der Waals surface area contributed by atoms with Crippen LogP contribution in [0.5, 0.6) is 0 Å². The minimum Gasteiger partial charge on any atom is -0.378 e. The summed E-state index contributed by atoms with van der Waals surface area (Å²) in [4.78, 5) is 43.5. The van der Waals surface area contributed by atoms with Gasteiger partial charge in [-0.05, 0) is 30.3 Å². The van der Waals surface area contributed by atoms with Crippen molar-refractivity contribution in [2.24, 2.45) is 0 Å². The van der Waals surface area contributed by atoms with E-state index >= 15 is 0 Å². The molecule has 1 aliphatic heterocycles. The average molecular weight is 497 g/mol. The van der Waals surface area contributed by atoms with E-state index in [9.17, 15) is 9.59 Å². The molecule has 0 atom stereocenters. The zero-order valence-electron chi connectivity index (χ0n) is 20.1. The van der Waals surface area contributed by atoms with Crippen LogP contribution < -0.4 is 5.32 Å². The molecule has 186 valence electrons. The van der Waals surface area contributed by atoms with Gasteiger partial charge in [-0.15, -0.1) is 0 Å². The third kappa shape index (κ3) is 4.29. The first-order chi connectivity index (χ1) is 18.1. The van der Waals surface area contributed by atoms with Crippen molar-refractivity contribution in [2.75, 3.05) is 31.6 Å². The number of H-pyrrole nitrogens is 2. The van der Waals surface area contributed by atoms with E-state index in [1.165, 1.54) is 0 Å². The quantitative estimate of drug-likeness (QED) is 0.339. The Bertz CT molecular complexity index is 1620. The second-order valence-electron chi connectivity index (χ2n) is 8.72. The maximum Gasteiger partial charge on any atom is 0.256 e. The summed E-state index contributed by atoms with van der Waals surface area (Å²) in [5.74, 6) is 0.913. The molecular weight excluding hydrogens is 472 g/mol. The number of morpholine rings is 1. The Kier molecular flexibility index (Phi) is 5.81. The van der Waals surface area contributed by atoms with Crippen LogP contribution in [0.25, 0.3) is 44.7 Å². The second kappa shape index (κ2) is 9.43. The lowest BCUT2D eigenvalue weighted by atomic mass is 10.1. The van der Waals surface area contributed by atoms with E-state index < -0.39 is 0 Å². The van der Waals surface area contributed by atoms with Crippen molar-refractivity contribution in [1.29, 1.82) is 0 Å². The number of carbonyl (C=O) groups excluding carboxylic acids is 2. The Morgan fingerprint density at radius 3 is 2.70 bits per heavy atom. The number of imidazole rings is 1. The van der Waals surface area contributed by atoms with Gasteiger partial charge in [-0.1, -0.05) is 13.0 Å². The standard InChI is InChI=1S/C26H24N8O3/c1-2-21(35)30-20-7-6-15(13-27-20)16-12-18-23(32-33-24(18)28-14-16)25-29-19-5-3-4-17(22(19)31-25)26(36)34-8-10-37-11-9-34/h3-7,12-14H,2,8-11H2,1H3,(H,29,31)(H,27,30,35)(H,28,32,33). The van der Waals surface area contributed by atoms with Crippen molar-refractivity contribution in [3.05, 3.63) is 54.4 Å². The fourth-order valence-corrected chi connectivity index (χ4v) is 4.37. The first-order valence-electron chi connectivity index (χ1n) is 12.1. The summed E-state index contributed by atoms with van der Waals surface area (Å²) < 4.78 is 5.38. The number of rotatable bonds is 5. The SMILES string of the molecule is CCC(=O)Nc1ccc(-c2cnc3n[nH]c(-c4nc5c(C(=O)N6CCOCC6)cccc5[nH]4)c3c2)cn1. The molecule has 5 aromatic rings. The maximum absolute atomic E-state index is 13.2. The lowest BCUT2D eigenvalue weighted by Gasteiger charge is -2.26. The molecule has 1 fully saturated rings. The molecule has 37 heavy (non-hydrogen) atoms. The molecule has 0 aliphatic carbocycles. The van der Waals surface area contributed by atoms with Crippen molar-refractivity contribution in [3.8, 4) is 22.6 Å². The normalized spacial score (nSPS) is 13.8. The highest BCUT2D eigenvalue weighted by molar-refractivity contribution is 6.06. The highest BCUT2D eigenvalue weighted by atomic mass is 16.5. The lowest BCUT2D eigenvalue weighted by Crippen LogP contribution is -2.40. The number of aromatic amines is 2. The Balaban J connectivity index is 1.35. The van der Waals surface area contributed by atoms with Gasteiger partial charge >= 0.3 is 0 Å². The zero-order valence-corrected chi connectivity index (χ0v) is 20.1. The van der Waals surface area contributed by atoms with E-state index in [1.54, 1.807) is 36.4 Å².